The third kappa shape index (κ3) is 15.8. The summed E-state index contributed by atoms with van der Waals surface area (Å²) in [5.74, 6) is -0.0674. The smallest absolute Gasteiger partial charge is 0.263 e. The van der Waals surface area contributed by atoms with Crippen molar-refractivity contribution in [3.8, 4) is 11.5 Å². The number of ether oxygens (including phenoxy) is 2. The minimum absolute atomic E-state index is 0.111. The summed E-state index contributed by atoms with van der Waals surface area (Å²) in [6.45, 7) is 7.75. The average Bonchev–Trinajstić information content (AvgIpc) is 4.13. The Balaban J connectivity index is 0.992. The summed E-state index contributed by atoms with van der Waals surface area (Å²) in [7, 11) is 2.79. The number of para-hydroxylation sites is 2. The number of rotatable bonds is 25. The zero-order valence-corrected chi connectivity index (χ0v) is 54.2. The Hall–Kier alpha value is -6.08. The van der Waals surface area contributed by atoms with E-state index in [0.29, 0.717) is 126 Å². The molecule has 4 heterocycles. The van der Waals surface area contributed by atoms with E-state index in [2.05, 4.69) is 21.3 Å². The maximum absolute atomic E-state index is 14.0. The summed E-state index contributed by atoms with van der Waals surface area (Å²) >= 11 is 27.3. The fraction of sp³-hybridized carbons (Fsp3) is 0.379. The highest BCUT2D eigenvalue weighted by Gasteiger charge is 2.33. The summed E-state index contributed by atoms with van der Waals surface area (Å²) in [5, 5.41) is 12.0. The van der Waals surface area contributed by atoms with Crippen LogP contribution in [0.15, 0.2) is 72.8 Å². The minimum Gasteiger partial charge on any atom is -0.495 e. The highest BCUT2D eigenvalue weighted by atomic mass is 32.2. The van der Waals surface area contributed by atoms with E-state index < -0.39 is 11.8 Å². The Kier molecular flexibility index (Phi) is 23.9. The number of carbonyl (C=O) groups excluding carboxylic acids is 8. The first-order chi connectivity index (χ1) is 41.4. The normalized spacial score (nSPS) is 15.0. The highest BCUT2D eigenvalue weighted by Crippen LogP contribution is 2.31. The fourth-order valence-corrected chi connectivity index (χ4v) is 14.8. The van der Waals surface area contributed by atoms with Gasteiger partial charge in [0.2, 0.25) is 0 Å². The van der Waals surface area contributed by atoms with E-state index in [1.807, 2.05) is 9.80 Å². The van der Waals surface area contributed by atoms with Crippen molar-refractivity contribution in [1.29, 1.82) is 0 Å². The number of nitrogens with one attached hydrogen (secondary N) is 4. The molecule has 28 heteroatoms. The number of methoxy groups -OCH3 is 2. The Morgan fingerprint density at radius 1 is 0.395 bits per heavy atom. The second kappa shape index (κ2) is 31.2. The molecule has 8 rings (SSSR count). The molecule has 0 saturated carbocycles. The topological polar surface area (TPSA) is 223 Å². The van der Waals surface area contributed by atoms with Crippen LogP contribution in [0.3, 0.4) is 0 Å². The lowest BCUT2D eigenvalue weighted by Gasteiger charge is -2.28. The first-order valence-corrected chi connectivity index (χ1v) is 33.1. The summed E-state index contributed by atoms with van der Waals surface area (Å²) in [6, 6.07) is 19.6. The fourth-order valence-electron chi connectivity index (χ4n) is 9.97. The van der Waals surface area contributed by atoms with Crippen molar-refractivity contribution in [2.75, 3.05) is 129 Å². The van der Waals surface area contributed by atoms with Gasteiger partial charge in [0.1, 0.15) is 28.8 Å². The Morgan fingerprint density at radius 2 is 0.640 bits per heavy atom. The monoisotopic (exact) mass is 1320 g/mol. The molecule has 4 N–H and O–H groups in total. The van der Waals surface area contributed by atoms with Crippen LogP contribution in [0.25, 0.3) is 0 Å². The second-order valence-corrected chi connectivity index (χ2v) is 26.6. The lowest BCUT2D eigenvalue weighted by Crippen LogP contribution is -2.46. The number of carbonyl (C=O) groups is 8. The Morgan fingerprint density at radius 3 is 0.907 bits per heavy atom. The molecule has 86 heavy (non-hydrogen) atoms. The Labute approximate surface area is 537 Å². The van der Waals surface area contributed by atoms with Crippen LogP contribution in [0.2, 0.25) is 0 Å². The molecule has 4 saturated heterocycles. The molecular weight excluding hydrogens is 1250 g/mol. The van der Waals surface area contributed by atoms with Crippen LogP contribution in [0.4, 0.5) is 0 Å². The standard InChI is InChI=1S/C58H64N10O10S8/c1-35-37(9-5-11-39(35)51(73)65-27-31-83-55(65)79)47(69)59-17-21-63(23-19-61-49(71)41-13-7-15-43(45(41)77-3)53(75)67-29-33-85-57(67)81)25-26-64(22-18-60-48(70)38-10-6-12-40(36(38)2)52(74)66-28-32-84-56(66)80)24-20-62-50(72)42-14-8-16-44(46(42)78-4)54(76)68-30-34-86-58(68)82/h5-16H,17-34H2,1-4H3,(H,59,69)(H,60,70)(H,61,71)(H,62,72). The molecule has 0 bridgehead atoms. The minimum atomic E-state index is -0.483. The van der Waals surface area contributed by atoms with Gasteiger partial charge in [0, 0.05) is 137 Å². The van der Waals surface area contributed by atoms with Crippen LogP contribution in [0, 0.1) is 13.8 Å². The lowest BCUT2D eigenvalue weighted by molar-refractivity contribution is 0.0848. The SMILES string of the molecule is COc1c(C(=O)NCCN(CCNC(=O)c2cccc(C(=O)N3CCSC3=S)c2C)CCN(CCNC(=O)c2cccc(C(=O)N3CCSC3=S)c2C)CCNC(=O)c2cccc(C(=O)N3CCSC3=S)c2OC)cccc1C(=O)N1CCSC1=S. The van der Waals surface area contributed by atoms with E-state index in [9.17, 15) is 38.4 Å². The van der Waals surface area contributed by atoms with E-state index in [4.69, 9.17) is 58.3 Å². The Bertz CT molecular complexity index is 3150. The van der Waals surface area contributed by atoms with Gasteiger partial charge in [-0.3, -0.25) is 67.8 Å². The number of amides is 8. The number of nitrogens with zero attached hydrogens (tertiary/aromatic N) is 6. The van der Waals surface area contributed by atoms with Crippen molar-refractivity contribution in [2.24, 2.45) is 0 Å². The van der Waals surface area contributed by atoms with Crippen LogP contribution in [0.1, 0.15) is 94.0 Å². The van der Waals surface area contributed by atoms with Gasteiger partial charge >= 0.3 is 0 Å². The second-order valence-electron chi connectivity index (χ2n) is 19.7. The maximum Gasteiger partial charge on any atom is 0.263 e. The molecule has 20 nitrogen and oxygen atoms in total. The zero-order chi connectivity index (χ0) is 61.6. The van der Waals surface area contributed by atoms with Crippen molar-refractivity contribution in [3.63, 3.8) is 0 Å². The van der Waals surface area contributed by atoms with Crippen LogP contribution in [-0.2, 0) is 0 Å². The van der Waals surface area contributed by atoms with Crippen LogP contribution in [-0.4, -0.2) is 223 Å². The van der Waals surface area contributed by atoms with E-state index in [-0.39, 0.29) is 108 Å². The quantitative estimate of drug-likeness (QED) is 0.0573. The molecule has 4 aromatic rings. The maximum atomic E-state index is 14.0. The van der Waals surface area contributed by atoms with Crippen LogP contribution >= 0.6 is 95.9 Å². The number of hydrogen-bond donors (Lipinski definition) is 4. The highest BCUT2D eigenvalue weighted by molar-refractivity contribution is 8.24. The molecular formula is C58H64N10O10S8. The number of thiocarbonyl (C=S) groups is 4. The molecule has 0 aliphatic carbocycles. The molecule has 0 radical (unpaired) electrons. The summed E-state index contributed by atoms with van der Waals surface area (Å²) in [4.78, 5) is 120. The first kappa shape index (κ1) is 65.9. The van der Waals surface area contributed by atoms with Gasteiger partial charge in [-0.25, -0.2) is 0 Å². The lowest BCUT2D eigenvalue weighted by atomic mass is 10.0. The number of thioether (sulfide) groups is 4. The van der Waals surface area contributed by atoms with E-state index in [0.717, 1.165) is 0 Å². The molecule has 4 aromatic carbocycles. The molecule has 0 atom stereocenters. The van der Waals surface area contributed by atoms with Crippen molar-refractivity contribution < 1.29 is 47.8 Å². The van der Waals surface area contributed by atoms with Crippen molar-refractivity contribution in [2.45, 2.75) is 13.8 Å². The van der Waals surface area contributed by atoms with Gasteiger partial charge in [-0.1, -0.05) is 120 Å². The molecule has 0 spiro atoms. The van der Waals surface area contributed by atoms with Crippen molar-refractivity contribution in [3.05, 3.63) is 128 Å². The molecule has 4 fully saturated rings. The summed E-state index contributed by atoms with van der Waals surface area (Å²) in [6.07, 6.45) is 0. The number of benzene rings is 4. The average molecular weight is 1320 g/mol. The van der Waals surface area contributed by atoms with Crippen molar-refractivity contribution >= 4 is 160 Å². The summed E-state index contributed by atoms with van der Waals surface area (Å²) in [5.41, 5.74) is 3.15. The van der Waals surface area contributed by atoms with E-state index in [1.165, 1.54) is 71.1 Å². The summed E-state index contributed by atoms with van der Waals surface area (Å²) < 4.78 is 13.2. The molecule has 8 amide bonds. The van der Waals surface area contributed by atoms with Gasteiger partial charge in [-0.2, -0.15) is 0 Å². The predicted molar refractivity (Wildman–Crippen MR) is 355 cm³/mol. The largest absolute Gasteiger partial charge is 0.495 e. The van der Waals surface area contributed by atoms with E-state index in [1.54, 1.807) is 96.4 Å². The predicted octanol–water partition coefficient (Wildman–Crippen LogP) is 5.84. The molecule has 0 aromatic heterocycles. The third-order valence-corrected chi connectivity index (χ3v) is 20.3. The van der Waals surface area contributed by atoms with Gasteiger partial charge in [0.05, 0.1) is 36.5 Å². The zero-order valence-electron chi connectivity index (χ0n) is 47.7. The third-order valence-electron chi connectivity index (χ3n) is 14.6. The molecule has 0 unspecified atom stereocenters. The van der Waals surface area contributed by atoms with Gasteiger partial charge in [-0.05, 0) is 73.5 Å². The molecule has 4 aliphatic rings. The molecule has 454 valence electrons. The van der Waals surface area contributed by atoms with Gasteiger partial charge in [-0.15, -0.1) is 0 Å². The van der Waals surface area contributed by atoms with Gasteiger partial charge < -0.3 is 30.7 Å². The van der Waals surface area contributed by atoms with Crippen LogP contribution < -0.4 is 30.7 Å². The van der Waals surface area contributed by atoms with Crippen LogP contribution in [0.5, 0.6) is 11.5 Å². The van der Waals surface area contributed by atoms with Gasteiger partial charge in [0.25, 0.3) is 47.3 Å². The van der Waals surface area contributed by atoms with E-state index >= 15 is 0 Å². The molecule has 4 aliphatic heterocycles. The number of hydrogen-bond acceptors (Lipinski definition) is 20. The van der Waals surface area contributed by atoms with Gasteiger partial charge in [0.15, 0.2) is 0 Å². The first-order valence-electron chi connectivity index (χ1n) is 27.5. The van der Waals surface area contributed by atoms with Crippen molar-refractivity contribution in [1.82, 2.24) is 50.7 Å².